The van der Waals surface area contributed by atoms with Gasteiger partial charge in [-0.05, 0) is 61.7 Å². The summed E-state index contributed by atoms with van der Waals surface area (Å²) in [4.78, 5) is 0. The topological polar surface area (TPSA) is 35.2 Å². The Hall–Kier alpha value is -1.51. The molecule has 0 atom stereocenters. The molecule has 2 aromatic rings. The van der Waals surface area contributed by atoms with E-state index < -0.39 is 0 Å². The lowest BCUT2D eigenvalue weighted by atomic mass is 10.1. The number of hydrogen-bond acceptors (Lipinski definition) is 2. The number of rotatable bonds is 4. The number of ether oxygens (including phenoxy) is 1. The summed E-state index contributed by atoms with van der Waals surface area (Å²) in [6.07, 6.45) is 0.807. The summed E-state index contributed by atoms with van der Waals surface area (Å²) < 4.78 is 5.96. The van der Waals surface area contributed by atoms with Crippen LogP contribution in [0.2, 0.25) is 5.02 Å². The molecule has 0 aromatic heterocycles. The fraction of sp³-hybridized carbons (Fsp3) is 0.250. The molecule has 2 N–H and O–H groups in total. The van der Waals surface area contributed by atoms with Gasteiger partial charge in [0.05, 0.1) is 0 Å². The molecule has 2 nitrogen and oxygen atoms in total. The van der Waals surface area contributed by atoms with Crippen LogP contribution >= 0.6 is 11.6 Å². The van der Waals surface area contributed by atoms with Crippen molar-refractivity contribution in [3.63, 3.8) is 0 Å². The molecule has 0 bridgehead atoms. The molecule has 0 fully saturated rings. The molecular formula is C16H18ClNO. The van der Waals surface area contributed by atoms with Crippen LogP contribution in [0, 0.1) is 13.8 Å². The van der Waals surface area contributed by atoms with E-state index in [2.05, 4.69) is 0 Å². The van der Waals surface area contributed by atoms with Crippen molar-refractivity contribution in [2.45, 2.75) is 20.3 Å². The second-order valence-corrected chi connectivity index (χ2v) is 5.00. The van der Waals surface area contributed by atoms with Gasteiger partial charge in [-0.3, -0.25) is 0 Å². The molecule has 3 heteroatoms. The van der Waals surface area contributed by atoms with Crippen LogP contribution in [-0.4, -0.2) is 6.54 Å². The van der Waals surface area contributed by atoms with Crippen LogP contribution < -0.4 is 10.5 Å². The van der Waals surface area contributed by atoms with Crippen molar-refractivity contribution in [1.29, 1.82) is 0 Å². The second-order valence-electron chi connectivity index (χ2n) is 4.62. The maximum absolute atomic E-state index is 6.16. The molecule has 0 aliphatic heterocycles. The summed E-state index contributed by atoms with van der Waals surface area (Å²) in [7, 11) is 0. The SMILES string of the molecule is Cc1cc(Oc2ccccc2CCN)cc(C)c1Cl. The van der Waals surface area contributed by atoms with E-state index in [1.807, 2.05) is 50.2 Å². The Morgan fingerprint density at radius 1 is 1.11 bits per heavy atom. The zero-order valence-corrected chi connectivity index (χ0v) is 12.0. The van der Waals surface area contributed by atoms with Crippen LogP contribution in [0.1, 0.15) is 16.7 Å². The van der Waals surface area contributed by atoms with Crippen LogP contribution in [0.5, 0.6) is 11.5 Å². The van der Waals surface area contributed by atoms with Crippen LogP contribution in [0.4, 0.5) is 0 Å². The predicted molar refractivity (Wildman–Crippen MR) is 80.2 cm³/mol. The van der Waals surface area contributed by atoms with E-state index >= 15 is 0 Å². The first kappa shape index (κ1) is 13.9. The van der Waals surface area contributed by atoms with E-state index in [0.717, 1.165) is 39.6 Å². The van der Waals surface area contributed by atoms with Crippen molar-refractivity contribution in [2.75, 3.05) is 6.54 Å². The van der Waals surface area contributed by atoms with Crippen molar-refractivity contribution in [1.82, 2.24) is 0 Å². The Morgan fingerprint density at radius 2 is 1.74 bits per heavy atom. The molecule has 0 spiro atoms. The minimum Gasteiger partial charge on any atom is -0.457 e. The molecule has 0 heterocycles. The maximum atomic E-state index is 6.16. The van der Waals surface area contributed by atoms with Crippen LogP contribution in [0.15, 0.2) is 36.4 Å². The van der Waals surface area contributed by atoms with Crippen LogP contribution in [0.3, 0.4) is 0 Å². The van der Waals surface area contributed by atoms with E-state index in [0.29, 0.717) is 6.54 Å². The molecule has 0 unspecified atom stereocenters. The van der Waals surface area contributed by atoms with E-state index in [-0.39, 0.29) is 0 Å². The van der Waals surface area contributed by atoms with Crippen LogP contribution in [-0.2, 0) is 6.42 Å². The molecule has 0 saturated carbocycles. The van der Waals surface area contributed by atoms with Gasteiger partial charge in [-0.15, -0.1) is 0 Å². The number of hydrogen-bond donors (Lipinski definition) is 1. The summed E-state index contributed by atoms with van der Waals surface area (Å²) in [6.45, 7) is 4.57. The molecule has 2 aromatic carbocycles. The van der Waals surface area contributed by atoms with Gasteiger partial charge in [-0.2, -0.15) is 0 Å². The maximum Gasteiger partial charge on any atom is 0.130 e. The van der Waals surface area contributed by atoms with Gasteiger partial charge in [0, 0.05) is 5.02 Å². The number of halogens is 1. The van der Waals surface area contributed by atoms with Crippen molar-refractivity contribution in [2.24, 2.45) is 5.73 Å². The second kappa shape index (κ2) is 6.09. The number of para-hydroxylation sites is 1. The lowest BCUT2D eigenvalue weighted by Crippen LogP contribution is -2.04. The Kier molecular flexibility index (Phi) is 4.46. The first-order chi connectivity index (χ1) is 9.11. The lowest BCUT2D eigenvalue weighted by Gasteiger charge is -2.12. The highest BCUT2D eigenvalue weighted by Gasteiger charge is 2.07. The first-order valence-electron chi connectivity index (χ1n) is 6.34. The highest BCUT2D eigenvalue weighted by molar-refractivity contribution is 6.32. The lowest BCUT2D eigenvalue weighted by molar-refractivity contribution is 0.475. The Bertz CT molecular complexity index is 558. The molecule has 100 valence electrons. The van der Waals surface area contributed by atoms with Gasteiger partial charge in [-0.1, -0.05) is 29.8 Å². The van der Waals surface area contributed by atoms with Gasteiger partial charge < -0.3 is 10.5 Å². The van der Waals surface area contributed by atoms with Gasteiger partial charge in [0.2, 0.25) is 0 Å². The Balaban J connectivity index is 2.31. The average Bonchev–Trinajstić information content (AvgIpc) is 2.38. The number of benzene rings is 2. The smallest absolute Gasteiger partial charge is 0.130 e. The fourth-order valence-electron chi connectivity index (χ4n) is 2.06. The molecule has 0 saturated heterocycles. The molecule has 0 radical (unpaired) electrons. The third-order valence-corrected chi connectivity index (χ3v) is 3.62. The molecule has 2 rings (SSSR count). The largest absolute Gasteiger partial charge is 0.457 e. The normalized spacial score (nSPS) is 10.5. The van der Waals surface area contributed by atoms with Gasteiger partial charge >= 0.3 is 0 Å². The highest BCUT2D eigenvalue weighted by Crippen LogP contribution is 2.30. The summed E-state index contributed by atoms with van der Waals surface area (Å²) in [6, 6.07) is 11.9. The minimum absolute atomic E-state index is 0.610. The standard InChI is InChI=1S/C16H18ClNO/c1-11-9-14(10-12(2)16(11)17)19-15-6-4-3-5-13(15)7-8-18/h3-6,9-10H,7-8,18H2,1-2H3. The molecule has 0 amide bonds. The predicted octanol–water partition coefficient (Wildman–Crippen LogP) is 4.25. The fourth-order valence-corrected chi connectivity index (χ4v) is 2.17. The van der Waals surface area contributed by atoms with Gasteiger partial charge in [0.1, 0.15) is 11.5 Å². The zero-order chi connectivity index (χ0) is 13.8. The molecule has 19 heavy (non-hydrogen) atoms. The average molecular weight is 276 g/mol. The highest BCUT2D eigenvalue weighted by atomic mass is 35.5. The zero-order valence-electron chi connectivity index (χ0n) is 11.2. The van der Waals surface area contributed by atoms with Crippen molar-refractivity contribution >= 4 is 11.6 Å². The molecule has 0 aliphatic carbocycles. The number of aryl methyl sites for hydroxylation is 2. The Labute approximate surface area is 119 Å². The van der Waals surface area contributed by atoms with Crippen molar-refractivity contribution < 1.29 is 4.74 Å². The van der Waals surface area contributed by atoms with Crippen molar-refractivity contribution in [3.8, 4) is 11.5 Å². The van der Waals surface area contributed by atoms with E-state index in [9.17, 15) is 0 Å². The van der Waals surface area contributed by atoms with Crippen LogP contribution in [0.25, 0.3) is 0 Å². The van der Waals surface area contributed by atoms with E-state index in [1.54, 1.807) is 0 Å². The van der Waals surface area contributed by atoms with E-state index in [4.69, 9.17) is 22.1 Å². The van der Waals surface area contributed by atoms with Crippen molar-refractivity contribution in [3.05, 3.63) is 58.1 Å². The summed E-state index contributed by atoms with van der Waals surface area (Å²) in [5.41, 5.74) is 8.78. The van der Waals surface area contributed by atoms with Gasteiger partial charge in [0.15, 0.2) is 0 Å². The minimum atomic E-state index is 0.610. The van der Waals surface area contributed by atoms with Gasteiger partial charge in [-0.25, -0.2) is 0 Å². The quantitative estimate of drug-likeness (QED) is 0.905. The third kappa shape index (κ3) is 3.28. The molecular weight excluding hydrogens is 258 g/mol. The van der Waals surface area contributed by atoms with Gasteiger partial charge in [0.25, 0.3) is 0 Å². The molecule has 0 aliphatic rings. The summed E-state index contributed by atoms with van der Waals surface area (Å²) >= 11 is 6.16. The first-order valence-corrected chi connectivity index (χ1v) is 6.72. The monoisotopic (exact) mass is 275 g/mol. The third-order valence-electron chi connectivity index (χ3n) is 3.02. The summed E-state index contributed by atoms with van der Waals surface area (Å²) in [5, 5.41) is 0.794. The Morgan fingerprint density at radius 3 is 2.37 bits per heavy atom. The number of nitrogens with two attached hydrogens (primary N) is 1. The van der Waals surface area contributed by atoms with E-state index in [1.165, 1.54) is 0 Å². The summed E-state index contributed by atoms with van der Waals surface area (Å²) in [5.74, 6) is 1.66.